The molecule has 1 aliphatic carbocycles. The first-order valence-electron chi connectivity index (χ1n) is 11.9. The smallest absolute Gasteiger partial charge is 0.257 e. The van der Waals surface area contributed by atoms with Gasteiger partial charge in [-0.3, -0.25) is 19.5 Å². The average Bonchev–Trinajstić information content (AvgIpc) is 3.23. The number of pyridine rings is 1. The molecule has 34 heavy (non-hydrogen) atoms. The van der Waals surface area contributed by atoms with Gasteiger partial charge in [0.25, 0.3) is 5.91 Å². The Labute approximate surface area is 199 Å². The largest absolute Gasteiger partial charge is 0.337 e. The van der Waals surface area contributed by atoms with Crippen molar-refractivity contribution in [3.63, 3.8) is 0 Å². The number of anilines is 1. The minimum absolute atomic E-state index is 0.00184. The van der Waals surface area contributed by atoms with E-state index in [1.54, 1.807) is 12.1 Å². The Kier molecular flexibility index (Phi) is 7.26. The average molecular weight is 471 g/mol. The molecule has 0 bridgehead atoms. The van der Waals surface area contributed by atoms with Crippen LogP contribution in [-0.2, 0) is 11.3 Å². The van der Waals surface area contributed by atoms with E-state index in [2.05, 4.69) is 15.2 Å². The molecule has 1 saturated heterocycles. The van der Waals surface area contributed by atoms with Crippen molar-refractivity contribution in [1.82, 2.24) is 14.8 Å². The number of rotatable bonds is 5. The maximum atomic E-state index is 14.5. The highest BCUT2D eigenvalue weighted by molar-refractivity contribution is 6.04. The molecule has 2 fully saturated rings. The number of aromatic nitrogens is 1. The fraction of sp³-hybridized carbons (Fsp3) is 0.500. The van der Waals surface area contributed by atoms with Gasteiger partial charge in [-0.1, -0.05) is 0 Å². The molecular formula is C26H32F2N4O2. The Bertz CT molecular complexity index is 1060. The lowest BCUT2D eigenvalue weighted by atomic mass is 10.0. The molecule has 0 radical (unpaired) electrons. The molecule has 182 valence electrons. The number of amides is 2. The summed E-state index contributed by atoms with van der Waals surface area (Å²) in [5.41, 5.74) is 3.25. The third-order valence-corrected chi connectivity index (χ3v) is 7.01. The predicted octanol–water partition coefficient (Wildman–Crippen LogP) is 4.26. The lowest BCUT2D eigenvalue weighted by Gasteiger charge is -2.41. The van der Waals surface area contributed by atoms with Crippen molar-refractivity contribution in [1.29, 1.82) is 0 Å². The first-order chi connectivity index (χ1) is 16.2. The highest BCUT2D eigenvalue weighted by Crippen LogP contribution is 2.31. The number of benzene rings is 1. The molecule has 6 nitrogen and oxygen atoms in total. The van der Waals surface area contributed by atoms with Crippen molar-refractivity contribution in [2.75, 3.05) is 25.0 Å². The molecule has 1 N–H and O–H groups in total. The molecule has 2 heterocycles. The van der Waals surface area contributed by atoms with Crippen LogP contribution in [0.1, 0.15) is 53.4 Å². The first-order valence-corrected chi connectivity index (χ1v) is 11.9. The molecule has 2 unspecified atom stereocenters. The van der Waals surface area contributed by atoms with Gasteiger partial charge in [0.15, 0.2) is 0 Å². The summed E-state index contributed by atoms with van der Waals surface area (Å²) in [7, 11) is 0. The molecule has 8 heteroatoms. The Morgan fingerprint density at radius 3 is 2.62 bits per heavy atom. The molecule has 2 aliphatic rings. The summed E-state index contributed by atoms with van der Waals surface area (Å²) < 4.78 is 28.0. The number of carbonyl (C=O) groups excluding carboxylic acids is 2. The highest BCUT2D eigenvalue weighted by atomic mass is 19.1. The number of hydrogen-bond donors (Lipinski definition) is 1. The van der Waals surface area contributed by atoms with Crippen LogP contribution in [0.4, 0.5) is 14.5 Å². The molecule has 1 aromatic heterocycles. The minimum atomic E-state index is -0.863. The molecule has 1 aliphatic heterocycles. The second-order valence-corrected chi connectivity index (χ2v) is 9.60. The maximum absolute atomic E-state index is 14.5. The summed E-state index contributed by atoms with van der Waals surface area (Å²) in [6, 6.07) is 6.28. The normalized spacial score (nSPS) is 23.2. The van der Waals surface area contributed by atoms with Crippen LogP contribution in [0.5, 0.6) is 0 Å². The summed E-state index contributed by atoms with van der Waals surface area (Å²) in [5, 5.41) is 2.81. The molecule has 2 amide bonds. The standard InChI is InChI=1S/C26H32F2N4O2/c1-16-4-5-20(13-29-16)25(33)30-24-12-23(28)11-21(18(24)3)15-31-8-9-32(17(2)14-31)26(34)19-6-7-22(27)10-19/h4-5,11-13,17,19,22H,6-10,14-15H2,1-3H3,(H,30,33)/t17-,19?,22?/m0/s1. The Morgan fingerprint density at radius 2 is 1.97 bits per heavy atom. The summed E-state index contributed by atoms with van der Waals surface area (Å²) >= 11 is 0. The molecule has 1 aromatic carbocycles. The van der Waals surface area contributed by atoms with E-state index in [1.807, 2.05) is 25.7 Å². The van der Waals surface area contributed by atoms with Gasteiger partial charge in [0.2, 0.25) is 5.91 Å². The Hall–Kier alpha value is -2.87. The van der Waals surface area contributed by atoms with Crippen LogP contribution in [0.3, 0.4) is 0 Å². The van der Waals surface area contributed by atoms with E-state index >= 15 is 0 Å². The number of aryl methyl sites for hydroxylation is 1. The van der Waals surface area contributed by atoms with Crippen molar-refractivity contribution in [2.45, 2.75) is 58.8 Å². The van der Waals surface area contributed by atoms with Crippen LogP contribution in [0.15, 0.2) is 30.5 Å². The van der Waals surface area contributed by atoms with Gasteiger partial charge in [0.05, 0.1) is 5.56 Å². The quantitative estimate of drug-likeness (QED) is 0.709. The number of nitrogens with zero attached hydrogens (tertiary/aromatic N) is 3. The van der Waals surface area contributed by atoms with E-state index in [9.17, 15) is 18.4 Å². The Balaban J connectivity index is 1.41. The van der Waals surface area contributed by atoms with Crippen LogP contribution in [0, 0.1) is 25.6 Å². The third-order valence-electron chi connectivity index (χ3n) is 7.01. The van der Waals surface area contributed by atoms with Crippen molar-refractivity contribution in [3.8, 4) is 0 Å². The van der Waals surface area contributed by atoms with E-state index < -0.39 is 12.0 Å². The van der Waals surface area contributed by atoms with Gasteiger partial charge in [-0.15, -0.1) is 0 Å². The van der Waals surface area contributed by atoms with Crippen molar-refractivity contribution in [2.24, 2.45) is 5.92 Å². The van der Waals surface area contributed by atoms with Crippen molar-refractivity contribution >= 4 is 17.5 Å². The van der Waals surface area contributed by atoms with Gasteiger partial charge >= 0.3 is 0 Å². The molecule has 4 rings (SSSR count). The van der Waals surface area contributed by atoms with Gasteiger partial charge in [-0.25, -0.2) is 8.78 Å². The van der Waals surface area contributed by atoms with Crippen LogP contribution >= 0.6 is 0 Å². The van der Waals surface area contributed by atoms with E-state index in [0.717, 1.165) is 16.8 Å². The van der Waals surface area contributed by atoms with Crippen LogP contribution < -0.4 is 5.32 Å². The molecule has 2 aromatic rings. The number of piperazine rings is 1. The monoisotopic (exact) mass is 470 g/mol. The fourth-order valence-corrected chi connectivity index (χ4v) is 4.96. The molecular weight excluding hydrogens is 438 g/mol. The van der Waals surface area contributed by atoms with Gasteiger partial charge in [-0.05, 0) is 75.4 Å². The van der Waals surface area contributed by atoms with Gasteiger partial charge in [-0.2, -0.15) is 0 Å². The number of halogens is 2. The molecule has 1 saturated carbocycles. The summed E-state index contributed by atoms with van der Waals surface area (Å²) in [5.74, 6) is -0.897. The van der Waals surface area contributed by atoms with E-state index in [1.165, 1.54) is 18.3 Å². The lowest BCUT2D eigenvalue weighted by molar-refractivity contribution is -0.140. The first kappa shape index (κ1) is 24.3. The maximum Gasteiger partial charge on any atom is 0.257 e. The third kappa shape index (κ3) is 5.43. The summed E-state index contributed by atoms with van der Waals surface area (Å²) in [4.78, 5) is 33.7. The van der Waals surface area contributed by atoms with Crippen molar-refractivity contribution < 1.29 is 18.4 Å². The van der Waals surface area contributed by atoms with Crippen LogP contribution in [-0.4, -0.2) is 58.4 Å². The SMILES string of the molecule is Cc1ccc(C(=O)Nc2cc(F)cc(CN3CCN(C(=O)C4CCC(F)C4)[C@@H](C)C3)c2C)cn1. The number of nitrogens with one attached hydrogen (secondary N) is 1. The zero-order valence-electron chi connectivity index (χ0n) is 20.0. The van der Waals surface area contributed by atoms with Gasteiger partial charge in [0.1, 0.15) is 12.0 Å². The van der Waals surface area contributed by atoms with Crippen molar-refractivity contribution in [3.05, 3.63) is 58.7 Å². The zero-order chi connectivity index (χ0) is 24.4. The highest BCUT2D eigenvalue weighted by Gasteiger charge is 2.36. The summed E-state index contributed by atoms with van der Waals surface area (Å²) in [6.07, 6.45) is 2.08. The van der Waals surface area contributed by atoms with Gasteiger partial charge < -0.3 is 10.2 Å². The number of hydrogen-bond acceptors (Lipinski definition) is 4. The zero-order valence-corrected chi connectivity index (χ0v) is 20.0. The Morgan fingerprint density at radius 1 is 1.18 bits per heavy atom. The van der Waals surface area contributed by atoms with E-state index in [0.29, 0.717) is 56.7 Å². The minimum Gasteiger partial charge on any atom is -0.337 e. The predicted molar refractivity (Wildman–Crippen MR) is 127 cm³/mol. The van der Waals surface area contributed by atoms with Crippen LogP contribution in [0.2, 0.25) is 0 Å². The van der Waals surface area contributed by atoms with E-state index in [-0.39, 0.29) is 23.8 Å². The van der Waals surface area contributed by atoms with Crippen LogP contribution in [0.25, 0.3) is 0 Å². The topological polar surface area (TPSA) is 65.5 Å². The summed E-state index contributed by atoms with van der Waals surface area (Å²) in [6.45, 7) is 8.13. The fourth-order valence-electron chi connectivity index (χ4n) is 4.96. The number of carbonyl (C=O) groups is 2. The van der Waals surface area contributed by atoms with Gasteiger partial charge in [0, 0.05) is 55.7 Å². The molecule has 3 atom stereocenters. The molecule has 0 spiro atoms. The number of alkyl halides is 1. The lowest BCUT2D eigenvalue weighted by Crippen LogP contribution is -2.54. The second-order valence-electron chi connectivity index (χ2n) is 9.60. The van der Waals surface area contributed by atoms with E-state index in [4.69, 9.17) is 0 Å². The second kappa shape index (κ2) is 10.2.